The Labute approximate surface area is 181 Å². The molecule has 0 radical (unpaired) electrons. The van der Waals surface area contributed by atoms with Crippen LogP contribution in [0.4, 0.5) is 5.82 Å². The Morgan fingerprint density at radius 1 is 1.28 bits per heavy atom. The number of aromatic amines is 1. The first-order valence-corrected chi connectivity index (χ1v) is 9.93. The summed E-state index contributed by atoms with van der Waals surface area (Å²) in [6.45, 7) is 3.00. The van der Waals surface area contributed by atoms with Crippen LogP contribution in [0.2, 0.25) is 0 Å². The van der Waals surface area contributed by atoms with Crippen molar-refractivity contribution >= 4 is 28.8 Å². The maximum Gasteiger partial charge on any atom is 0.293 e. The van der Waals surface area contributed by atoms with Crippen LogP contribution >= 0.6 is 0 Å². The second-order valence-electron chi connectivity index (χ2n) is 7.15. The molecule has 1 aliphatic heterocycles. The largest absolute Gasteiger partial charge is 0.379 e. The normalized spacial score (nSPS) is 15.0. The van der Waals surface area contributed by atoms with E-state index in [0.717, 1.165) is 16.5 Å². The minimum atomic E-state index is -0.509. The van der Waals surface area contributed by atoms with Crippen LogP contribution in [0.5, 0.6) is 0 Å². The highest BCUT2D eigenvalue weighted by Crippen LogP contribution is 2.18. The van der Waals surface area contributed by atoms with Crippen molar-refractivity contribution < 1.29 is 14.2 Å². The number of nitrogens with zero attached hydrogens (tertiary/aromatic N) is 7. The van der Waals surface area contributed by atoms with E-state index in [1.807, 2.05) is 30.5 Å². The van der Waals surface area contributed by atoms with Crippen molar-refractivity contribution in [2.75, 3.05) is 32.0 Å². The van der Waals surface area contributed by atoms with E-state index < -0.39 is 5.91 Å². The lowest BCUT2D eigenvalue weighted by Gasteiger charge is -2.26. The summed E-state index contributed by atoms with van der Waals surface area (Å²) in [6, 6.07) is 7.81. The standard InChI is InChI=1S/C19H20N10O3/c20-17-18(26-32-25-17)29-15(11-28-5-7-31-8-6-28)16(23-27-29)19(30)24-22-10-12-9-21-14-4-2-1-3-13(12)14/h1-4,9-10,21H,5-8,11H2,(H2,20,25)(H,24,30)/b22-10+. The summed E-state index contributed by atoms with van der Waals surface area (Å²) in [4.78, 5) is 18.2. The van der Waals surface area contributed by atoms with E-state index in [4.69, 9.17) is 10.5 Å². The van der Waals surface area contributed by atoms with E-state index >= 15 is 0 Å². The van der Waals surface area contributed by atoms with E-state index in [-0.39, 0.29) is 17.3 Å². The Balaban J connectivity index is 1.39. The summed E-state index contributed by atoms with van der Waals surface area (Å²) in [6.07, 6.45) is 3.39. The van der Waals surface area contributed by atoms with E-state index in [1.54, 1.807) is 6.21 Å². The minimum absolute atomic E-state index is 0.0439. The molecular weight excluding hydrogens is 416 g/mol. The smallest absolute Gasteiger partial charge is 0.293 e. The molecule has 0 spiro atoms. The van der Waals surface area contributed by atoms with Gasteiger partial charge in [-0.25, -0.2) is 10.1 Å². The van der Waals surface area contributed by atoms with Crippen LogP contribution in [0.3, 0.4) is 0 Å². The van der Waals surface area contributed by atoms with Gasteiger partial charge in [-0.1, -0.05) is 23.4 Å². The summed E-state index contributed by atoms with van der Waals surface area (Å²) in [7, 11) is 0. The lowest BCUT2D eigenvalue weighted by molar-refractivity contribution is 0.0332. The van der Waals surface area contributed by atoms with Crippen LogP contribution in [-0.4, -0.2) is 73.6 Å². The fraction of sp³-hybridized carbons (Fsp3) is 0.263. The van der Waals surface area contributed by atoms with Gasteiger partial charge in [0, 0.05) is 42.3 Å². The molecule has 4 heterocycles. The first-order chi connectivity index (χ1) is 15.7. The Morgan fingerprint density at radius 2 is 2.12 bits per heavy atom. The number of benzene rings is 1. The zero-order valence-electron chi connectivity index (χ0n) is 16.9. The zero-order valence-corrected chi connectivity index (χ0v) is 16.9. The van der Waals surface area contributed by atoms with Crippen molar-refractivity contribution in [3.63, 3.8) is 0 Å². The topological polar surface area (TPSA) is 165 Å². The highest BCUT2D eigenvalue weighted by molar-refractivity contribution is 6.00. The van der Waals surface area contributed by atoms with Crippen molar-refractivity contribution in [2.45, 2.75) is 6.54 Å². The van der Waals surface area contributed by atoms with Crippen LogP contribution in [0, 0.1) is 0 Å². The summed E-state index contributed by atoms with van der Waals surface area (Å²) in [5, 5.41) is 20.5. The monoisotopic (exact) mass is 436 g/mol. The molecule has 32 heavy (non-hydrogen) atoms. The number of nitrogens with two attached hydrogens (primary N) is 1. The van der Waals surface area contributed by atoms with Gasteiger partial charge in [0.2, 0.25) is 11.6 Å². The Morgan fingerprint density at radius 3 is 2.94 bits per heavy atom. The lowest BCUT2D eigenvalue weighted by atomic mass is 10.2. The molecular formula is C19H20N10O3. The number of nitrogens with one attached hydrogen (secondary N) is 2. The van der Waals surface area contributed by atoms with Gasteiger partial charge in [0.25, 0.3) is 5.91 Å². The van der Waals surface area contributed by atoms with Crippen molar-refractivity contribution in [1.82, 2.24) is 40.6 Å². The predicted octanol–water partition coefficient (Wildman–Crippen LogP) is 0.310. The van der Waals surface area contributed by atoms with Gasteiger partial charge in [-0.3, -0.25) is 9.69 Å². The van der Waals surface area contributed by atoms with Crippen molar-refractivity contribution in [3.8, 4) is 5.82 Å². The molecule has 4 aromatic rings. The second kappa shape index (κ2) is 8.56. The van der Waals surface area contributed by atoms with Gasteiger partial charge in [-0.15, -0.1) is 5.10 Å². The maximum absolute atomic E-state index is 12.9. The number of rotatable bonds is 6. The molecule has 1 amide bonds. The zero-order chi connectivity index (χ0) is 21.9. The van der Waals surface area contributed by atoms with E-state index in [0.29, 0.717) is 38.5 Å². The molecule has 1 aromatic carbocycles. The molecule has 4 N–H and O–H groups in total. The summed E-state index contributed by atoms with van der Waals surface area (Å²) in [5.41, 5.74) is 10.8. The minimum Gasteiger partial charge on any atom is -0.379 e. The maximum atomic E-state index is 12.9. The van der Waals surface area contributed by atoms with Crippen LogP contribution < -0.4 is 11.2 Å². The van der Waals surface area contributed by atoms with Crippen LogP contribution in [-0.2, 0) is 11.3 Å². The van der Waals surface area contributed by atoms with E-state index in [9.17, 15) is 4.79 Å². The number of hydrogen-bond donors (Lipinski definition) is 3. The number of fused-ring (bicyclic) bond motifs is 1. The Bertz CT molecular complexity index is 1270. The third-order valence-electron chi connectivity index (χ3n) is 5.14. The average Bonchev–Trinajstić information content (AvgIpc) is 3.53. The van der Waals surface area contributed by atoms with Crippen LogP contribution in [0.25, 0.3) is 16.7 Å². The molecule has 1 saturated heterocycles. The fourth-order valence-electron chi connectivity index (χ4n) is 3.51. The summed E-state index contributed by atoms with van der Waals surface area (Å²) in [5.74, 6) is -0.296. The Kier molecular flexibility index (Phi) is 5.31. The highest BCUT2D eigenvalue weighted by atomic mass is 16.6. The molecule has 13 heteroatoms. The molecule has 13 nitrogen and oxygen atoms in total. The molecule has 5 rings (SSSR count). The first-order valence-electron chi connectivity index (χ1n) is 9.93. The number of hydrazone groups is 1. The summed E-state index contributed by atoms with van der Waals surface area (Å²) < 4.78 is 11.4. The lowest BCUT2D eigenvalue weighted by Crippen LogP contribution is -2.37. The molecule has 0 unspecified atom stereocenters. The van der Waals surface area contributed by atoms with Gasteiger partial charge in [0.1, 0.15) is 0 Å². The SMILES string of the molecule is Nc1nonc1-n1nnc(C(=O)N/N=C/c2c[nH]c3ccccc23)c1CN1CCOCC1. The van der Waals surface area contributed by atoms with E-state index in [2.05, 4.69) is 45.7 Å². The van der Waals surface area contributed by atoms with Crippen molar-refractivity contribution in [2.24, 2.45) is 5.10 Å². The third kappa shape index (κ3) is 3.81. The number of morpholine rings is 1. The Hall–Kier alpha value is -4.10. The van der Waals surface area contributed by atoms with E-state index in [1.165, 1.54) is 4.68 Å². The summed E-state index contributed by atoms with van der Waals surface area (Å²) >= 11 is 0. The average molecular weight is 436 g/mol. The molecule has 0 bridgehead atoms. The molecule has 3 aromatic heterocycles. The highest BCUT2D eigenvalue weighted by Gasteiger charge is 2.26. The fourth-order valence-corrected chi connectivity index (χ4v) is 3.51. The van der Waals surface area contributed by atoms with Crippen molar-refractivity contribution in [1.29, 1.82) is 0 Å². The number of ether oxygens (including phenoxy) is 1. The van der Waals surface area contributed by atoms with Crippen molar-refractivity contribution in [3.05, 3.63) is 47.4 Å². The number of carbonyl (C=O) groups is 1. The van der Waals surface area contributed by atoms with Gasteiger partial charge in [0.15, 0.2) is 5.69 Å². The molecule has 0 aliphatic carbocycles. The van der Waals surface area contributed by atoms with Gasteiger partial charge < -0.3 is 15.5 Å². The number of carbonyl (C=O) groups excluding carboxylic acids is 1. The molecule has 164 valence electrons. The number of H-pyrrole nitrogens is 1. The number of nitrogen functional groups attached to an aromatic ring is 1. The van der Waals surface area contributed by atoms with Crippen LogP contribution in [0.1, 0.15) is 21.7 Å². The van der Waals surface area contributed by atoms with Crippen LogP contribution in [0.15, 0.2) is 40.2 Å². The predicted molar refractivity (Wildman–Crippen MR) is 113 cm³/mol. The number of hydrogen-bond acceptors (Lipinski definition) is 10. The molecule has 0 atom stereocenters. The number of amides is 1. The second-order valence-corrected chi connectivity index (χ2v) is 7.15. The number of para-hydroxylation sites is 1. The number of anilines is 1. The molecule has 1 fully saturated rings. The van der Waals surface area contributed by atoms with Gasteiger partial charge in [-0.2, -0.15) is 9.78 Å². The number of aromatic nitrogens is 6. The first kappa shape index (κ1) is 19.8. The quantitative estimate of drug-likeness (QED) is 0.285. The molecule has 1 aliphatic rings. The molecule has 0 saturated carbocycles. The van der Waals surface area contributed by atoms with Gasteiger partial charge >= 0.3 is 0 Å². The van der Waals surface area contributed by atoms with Gasteiger partial charge in [0.05, 0.1) is 25.1 Å². The van der Waals surface area contributed by atoms with Gasteiger partial charge in [-0.05, 0) is 16.4 Å². The third-order valence-corrected chi connectivity index (χ3v) is 5.14.